The molecule has 0 unspecified atom stereocenters. The Morgan fingerprint density at radius 2 is 1.77 bits per heavy atom. The summed E-state index contributed by atoms with van der Waals surface area (Å²) >= 11 is 6.07. The third-order valence-corrected chi connectivity index (χ3v) is 6.45. The molecule has 1 saturated heterocycles. The minimum absolute atomic E-state index is 0.0269. The quantitative estimate of drug-likeness (QED) is 0.424. The zero-order valence-corrected chi connectivity index (χ0v) is 19.8. The van der Waals surface area contributed by atoms with Gasteiger partial charge in [0, 0.05) is 41.5 Å². The van der Waals surface area contributed by atoms with Gasteiger partial charge in [-0.15, -0.1) is 0 Å². The summed E-state index contributed by atoms with van der Waals surface area (Å²) in [4.78, 5) is 27.3. The average Bonchev–Trinajstić information content (AvgIpc) is 3.56. The van der Waals surface area contributed by atoms with E-state index in [1.807, 2.05) is 60.8 Å². The zero-order valence-electron chi connectivity index (χ0n) is 19.1. The maximum atomic E-state index is 13.0. The lowest BCUT2D eigenvalue weighted by Crippen LogP contribution is -2.46. The number of rotatable bonds is 6. The molecule has 0 saturated carbocycles. The van der Waals surface area contributed by atoms with Crippen LogP contribution in [0.4, 0.5) is 0 Å². The van der Waals surface area contributed by atoms with Crippen molar-refractivity contribution in [2.45, 2.75) is 25.3 Å². The highest BCUT2D eigenvalue weighted by atomic mass is 35.5. The predicted molar refractivity (Wildman–Crippen MR) is 133 cm³/mol. The Morgan fingerprint density at radius 3 is 2.46 bits per heavy atom. The number of aromatic nitrogens is 2. The van der Waals surface area contributed by atoms with E-state index in [1.165, 1.54) is 12.5 Å². The van der Waals surface area contributed by atoms with Crippen molar-refractivity contribution < 1.29 is 14.0 Å². The maximum Gasteiger partial charge on any atom is 0.257 e. The Morgan fingerprint density at radius 1 is 1.03 bits per heavy atom. The summed E-state index contributed by atoms with van der Waals surface area (Å²) in [5.41, 5.74) is 3.96. The van der Waals surface area contributed by atoms with Gasteiger partial charge in [-0.05, 0) is 43.2 Å². The molecule has 2 aromatic heterocycles. The van der Waals surface area contributed by atoms with Gasteiger partial charge in [-0.2, -0.15) is 5.10 Å². The topological polar surface area (TPSA) is 80.4 Å². The van der Waals surface area contributed by atoms with E-state index in [0.29, 0.717) is 36.5 Å². The van der Waals surface area contributed by atoms with E-state index >= 15 is 0 Å². The molecule has 8 heteroatoms. The molecule has 0 aliphatic carbocycles. The van der Waals surface area contributed by atoms with Crippen LogP contribution in [0.1, 0.15) is 28.8 Å². The van der Waals surface area contributed by atoms with Crippen LogP contribution in [0.2, 0.25) is 5.02 Å². The highest BCUT2D eigenvalue weighted by Crippen LogP contribution is 2.26. The van der Waals surface area contributed by atoms with Crippen molar-refractivity contribution in [1.29, 1.82) is 0 Å². The number of carbonyl (C=O) groups excluding carboxylic acids is 2. The molecule has 1 aliphatic heterocycles. The number of nitrogens with zero attached hydrogens (tertiary/aromatic N) is 3. The van der Waals surface area contributed by atoms with Crippen LogP contribution in [0.3, 0.4) is 0 Å². The zero-order chi connectivity index (χ0) is 24.2. The number of para-hydroxylation sites is 1. The SMILES string of the molecule is O=C(Cc1cn(-c2ccccc2)nc1-c1ccc(Cl)cc1)NC1CCN(C(=O)c2ccoc2)CC1. The van der Waals surface area contributed by atoms with Gasteiger partial charge in [0.2, 0.25) is 5.91 Å². The van der Waals surface area contributed by atoms with E-state index in [1.54, 1.807) is 15.6 Å². The van der Waals surface area contributed by atoms with E-state index in [9.17, 15) is 9.59 Å². The van der Waals surface area contributed by atoms with Crippen LogP contribution >= 0.6 is 11.6 Å². The molecular weight excluding hydrogens is 464 g/mol. The summed E-state index contributed by atoms with van der Waals surface area (Å²) in [6.07, 6.45) is 6.50. The van der Waals surface area contributed by atoms with Crippen molar-refractivity contribution in [2.75, 3.05) is 13.1 Å². The van der Waals surface area contributed by atoms with Gasteiger partial charge in [-0.1, -0.05) is 41.9 Å². The summed E-state index contributed by atoms with van der Waals surface area (Å²) in [5, 5.41) is 8.57. The van der Waals surface area contributed by atoms with Crippen LogP contribution in [0, 0.1) is 0 Å². The molecule has 0 bridgehead atoms. The van der Waals surface area contributed by atoms with E-state index in [2.05, 4.69) is 5.32 Å². The van der Waals surface area contributed by atoms with Gasteiger partial charge in [-0.3, -0.25) is 9.59 Å². The molecule has 1 fully saturated rings. The highest BCUT2D eigenvalue weighted by Gasteiger charge is 2.25. The van der Waals surface area contributed by atoms with Crippen molar-refractivity contribution in [3.8, 4) is 16.9 Å². The lowest BCUT2D eigenvalue weighted by molar-refractivity contribution is -0.121. The van der Waals surface area contributed by atoms with Crippen LogP contribution in [-0.2, 0) is 11.2 Å². The number of carbonyl (C=O) groups is 2. The first-order valence-electron chi connectivity index (χ1n) is 11.6. The molecule has 1 aliphatic rings. The van der Waals surface area contributed by atoms with Crippen molar-refractivity contribution in [3.05, 3.63) is 95.5 Å². The summed E-state index contributed by atoms with van der Waals surface area (Å²) in [5.74, 6) is -0.100. The maximum absolute atomic E-state index is 13.0. The first-order chi connectivity index (χ1) is 17.1. The number of likely N-dealkylation sites (tertiary alicyclic amines) is 1. The van der Waals surface area contributed by atoms with Crippen molar-refractivity contribution >= 4 is 23.4 Å². The Hall–Kier alpha value is -3.84. The fraction of sp³-hybridized carbons (Fsp3) is 0.222. The van der Waals surface area contributed by atoms with Crippen LogP contribution in [0.5, 0.6) is 0 Å². The van der Waals surface area contributed by atoms with Crippen molar-refractivity contribution in [1.82, 2.24) is 20.0 Å². The second-order valence-corrected chi connectivity index (χ2v) is 9.05. The van der Waals surface area contributed by atoms with E-state index < -0.39 is 0 Å². The third kappa shape index (κ3) is 5.30. The van der Waals surface area contributed by atoms with Gasteiger partial charge in [0.05, 0.1) is 29.6 Å². The number of benzene rings is 2. The molecule has 2 amide bonds. The first-order valence-corrected chi connectivity index (χ1v) is 12.0. The molecule has 0 radical (unpaired) electrons. The van der Waals surface area contributed by atoms with E-state index in [0.717, 1.165) is 22.5 Å². The van der Waals surface area contributed by atoms with Crippen molar-refractivity contribution in [2.24, 2.45) is 0 Å². The second-order valence-electron chi connectivity index (χ2n) is 8.61. The highest BCUT2D eigenvalue weighted by molar-refractivity contribution is 6.30. The van der Waals surface area contributed by atoms with Crippen molar-refractivity contribution in [3.63, 3.8) is 0 Å². The largest absolute Gasteiger partial charge is 0.472 e. The molecule has 1 N–H and O–H groups in total. The summed E-state index contributed by atoms with van der Waals surface area (Å²) in [6, 6.07) is 19.0. The van der Waals surface area contributed by atoms with E-state index in [4.69, 9.17) is 21.1 Å². The van der Waals surface area contributed by atoms with Gasteiger partial charge in [-0.25, -0.2) is 4.68 Å². The molecule has 178 valence electrons. The number of piperidine rings is 1. The Labute approximate surface area is 208 Å². The average molecular weight is 489 g/mol. The fourth-order valence-corrected chi connectivity index (χ4v) is 4.48. The van der Waals surface area contributed by atoms with Crippen LogP contribution in [0.25, 0.3) is 16.9 Å². The molecule has 5 rings (SSSR count). The molecular formula is C27H25ClN4O3. The molecule has 3 heterocycles. The number of furan rings is 1. The number of halogens is 1. The second kappa shape index (κ2) is 10.2. The summed E-state index contributed by atoms with van der Waals surface area (Å²) in [7, 11) is 0. The van der Waals surface area contributed by atoms with Gasteiger partial charge >= 0.3 is 0 Å². The lowest BCUT2D eigenvalue weighted by Gasteiger charge is -2.32. The fourth-order valence-electron chi connectivity index (χ4n) is 4.35. The summed E-state index contributed by atoms with van der Waals surface area (Å²) < 4.78 is 6.81. The minimum Gasteiger partial charge on any atom is -0.472 e. The smallest absolute Gasteiger partial charge is 0.257 e. The number of hydrogen-bond acceptors (Lipinski definition) is 4. The Bertz CT molecular complexity index is 1290. The molecule has 35 heavy (non-hydrogen) atoms. The molecule has 7 nitrogen and oxygen atoms in total. The number of hydrogen-bond donors (Lipinski definition) is 1. The molecule has 4 aromatic rings. The Kier molecular flexibility index (Phi) is 6.68. The monoisotopic (exact) mass is 488 g/mol. The normalized spacial score (nSPS) is 14.1. The molecule has 0 atom stereocenters. The first kappa shape index (κ1) is 22.9. The predicted octanol–water partition coefficient (Wildman–Crippen LogP) is 4.75. The standard InChI is InChI=1S/C27H25ClN4O3/c28-22-8-6-19(7-9-22)26-21(17-32(30-26)24-4-2-1-3-5-24)16-25(33)29-23-10-13-31(14-11-23)27(34)20-12-15-35-18-20/h1-9,12,15,17-18,23H,10-11,13-14,16H2,(H,29,33). The number of amides is 2. The van der Waals surface area contributed by atoms with Gasteiger partial charge in [0.15, 0.2) is 0 Å². The van der Waals surface area contributed by atoms with Crippen LogP contribution < -0.4 is 5.32 Å². The van der Waals surface area contributed by atoms with Gasteiger partial charge in [0.1, 0.15) is 6.26 Å². The minimum atomic E-state index is -0.0626. The van der Waals surface area contributed by atoms with Gasteiger partial charge in [0.25, 0.3) is 5.91 Å². The van der Waals surface area contributed by atoms with E-state index in [-0.39, 0.29) is 24.3 Å². The number of nitrogens with one attached hydrogen (secondary N) is 1. The molecule has 2 aromatic carbocycles. The lowest BCUT2D eigenvalue weighted by atomic mass is 10.0. The third-order valence-electron chi connectivity index (χ3n) is 6.19. The summed E-state index contributed by atoms with van der Waals surface area (Å²) in [6.45, 7) is 1.19. The molecule has 0 spiro atoms. The Balaban J connectivity index is 1.27. The van der Waals surface area contributed by atoms with Crippen LogP contribution in [-0.4, -0.2) is 45.6 Å². The van der Waals surface area contributed by atoms with Gasteiger partial charge < -0.3 is 14.6 Å². The van der Waals surface area contributed by atoms with Crippen LogP contribution in [0.15, 0.2) is 83.8 Å².